The van der Waals surface area contributed by atoms with E-state index in [1.54, 1.807) is 4.57 Å². The highest BCUT2D eigenvalue weighted by molar-refractivity contribution is 5.84. The normalized spacial score (nSPS) is 18.0. The summed E-state index contributed by atoms with van der Waals surface area (Å²) in [7, 11) is 0. The highest BCUT2D eigenvalue weighted by Gasteiger charge is 2.23. The number of ether oxygens (including phenoxy) is 1. The number of nitriles is 1. The standard InChI is InChI=1S/C12H15N5O4/c13-5-9-6-17(3-4-21-9)12(20)14-1-2-16-7-10(11(18)19)15-8-16/h7-9H,1-4,6H2,(H,14,20)(H,18,19). The number of morpholine rings is 1. The molecule has 2 N–H and O–H groups in total. The third kappa shape index (κ3) is 3.93. The van der Waals surface area contributed by atoms with Crippen molar-refractivity contribution in [2.24, 2.45) is 0 Å². The number of urea groups is 1. The van der Waals surface area contributed by atoms with Crippen molar-refractivity contribution in [1.82, 2.24) is 19.8 Å². The second-order valence-corrected chi connectivity index (χ2v) is 4.47. The Morgan fingerprint density at radius 3 is 3.10 bits per heavy atom. The van der Waals surface area contributed by atoms with E-state index in [0.717, 1.165) is 0 Å². The van der Waals surface area contributed by atoms with E-state index in [2.05, 4.69) is 10.3 Å². The maximum absolute atomic E-state index is 11.9. The number of carbonyl (C=O) groups is 2. The van der Waals surface area contributed by atoms with Crippen LogP contribution >= 0.6 is 0 Å². The number of amides is 2. The van der Waals surface area contributed by atoms with E-state index in [1.165, 1.54) is 17.4 Å². The zero-order valence-corrected chi connectivity index (χ0v) is 11.2. The minimum Gasteiger partial charge on any atom is -0.476 e. The van der Waals surface area contributed by atoms with Gasteiger partial charge in [0.1, 0.15) is 0 Å². The molecule has 9 nitrogen and oxygen atoms in total. The molecular weight excluding hydrogens is 278 g/mol. The first-order valence-corrected chi connectivity index (χ1v) is 6.39. The molecule has 112 valence electrons. The van der Waals surface area contributed by atoms with Gasteiger partial charge in [-0.15, -0.1) is 0 Å². The lowest BCUT2D eigenvalue weighted by atomic mass is 10.3. The Balaban J connectivity index is 1.76. The summed E-state index contributed by atoms with van der Waals surface area (Å²) in [5.74, 6) is -1.09. The zero-order chi connectivity index (χ0) is 15.2. The summed E-state index contributed by atoms with van der Waals surface area (Å²) < 4.78 is 6.74. The number of imidazole rings is 1. The topological polar surface area (TPSA) is 120 Å². The van der Waals surface area contributed by atoms with Gasteiger partial charge in [0.15, 0.2) is 11.8 Å². The Morgan fingerprint density at radius 2 is 2.43 bits per heavy atom. The van der Waals surface area contributed by atoms with Crippen LogP contribution in [0.2, 0.25) is 0 Å². The fourth-order valence-corrected chi connectivity index (χ4v) is 1.91. The van der Waals surface area contributed by atoms with Gasteiger partial charge in [-0.05, 0) is 0 Å². The Labute approximate surface area is 120 Å². The molecule has 0 bridgehead atoms. The van der Waals surface area contributed by atoms with Gasteiger partial charge in [0.05, 0.1) is 25.5 Å². The minimum absolute atomic E-state index is 0.0358. The van der Waals surface area contributed by atoms with Crippen LogP contribution in [0.5, 0.6) is 0 Å². The number of carboxylic acids is 1. The number of nitrogens with one attached hydrogen (secondary N) is 1. The lowest BCUT2D eigenvalue weighted by Gasteiger charge is -2.29. The molecule has 1 aromatic heterocycles. The number of carbonyl (C=O) groups excluding carboxylic acids is 1. The van der Waals surface area contributed by atoms with Crippen LogP contribution in [0, 0.1) is 11.3 Å². The molecular formula is C12H15N5O4. The fourth-order valence-electron chi connectivity index (χ4n) is 1.91. The Kier molecular flexibility index (Phi) is 4.73. The number of rotatable bonds is 4. The molecule has 1 aliphatic heterocycles. The van der Waals surface area contributed by atoms with Crippen LogP contribution in [0.3, 0.4) is 0 Å². The summed E-state index contributed by atoms with van der Waals surface area (Å²) in [5.41, 5.74) is -0.0358. The van der Waals surface area contributed by atoms with Gasteiger partial charge in [0.2, 0.25) is 0 Å². The number of hydrogen-bond acceptors (Lipinski definition) is 5. The molecule has 0 radical (unpaired) electrons. The second-order valence-electron chi connectivity index (χ2n) is 4.47. The number of nitrogens with zero attached hydrogens (tertiary/aromatic N) is 4. The van der Waals surface area contributed by atoms with E-state index < -0.39 is 12.1 Å². The van der Waals surface area contributed by atoms with Gasteiger partial charge in [-0.1, -0.05) is 0 Å². The number of hydrogen-bond donors (Lipinski definition) is 2. The lowest BCUT2D eigenvalue weighted by molar-refractivity contribution is 0.0157. The maximum Gasteiger partial charge on any atom is 0.356 e. The van der Waals surface area contributed by atoms with E-state index in [-0.39, 0.29) is 18.3 Å². The van der Waals surface area contributed by atoms with Crippen molar-refractivity contribution in [3.63, 3.8) is 0 Å². The van der Waals surface area contributed by atoms with Crippen LogP contribution in [0.4, 0.5) is 4.79 Å². The molecule has 1 unspecified atom stereocenters. The molecule has 2 heterocycles. The van der Waals surface area contributed by atoms with Crippen LogP contribution in [0.1, 0.15) is 10.5 Å². The summed E-state index contributed by atoms with van der Waals surface area (Å²) in [4.78, 5) is 27.8. The van der Waals surface area contributed by atoms with Gasteiger partial charge in [0.25, 0.3) is 0 Å². The number of aromatic carboxylic acids is 1. The van der Waals surface area contributed by atoms with Crippen LogP contribution in [0.25, 0.3) is 0 Å². The highest BCUT2D eigenvalue weighted by atomic mass is 16.5. The SMILES string of the molecule is N#CC1CN(C(=O)NCCn2cnc(C(=O)O)c2)CCO1. The molecule has 2 amide bonds. The number of aromatic nitrogens is 2. The van der Waals surface area contributed by atoms with Gasteiger partial charge >= 0.3 is 12.0 Å². The third-order valence-electron chi connectivity index (χ3n) is 3.00. The van der Waals surface area contributed by atoms with Crippen molar-refractivity contribution < 1.29 is 19.4 Å². The summed E-state index contributed by atoms with van der Waals surface area (Å²) in [6.07, 6.45) is 2.21. The van der Waals surface area contributed by atoms with Gasteiger partial charge in [-0.3, -0.25) is 0 Å². The van der Waals surface area contributed by atoms with Crippen LogP contribution in [-0.2, 0) is 11.3 Å². The van der Waals surface area contributed by atoms with Crippen molar-refractivity contribution in [2.45, 2.75) is 12.6 Å². The van der Waals surface area contributed by atoms with E-state index in [9.17, 15) is 9.59 Å². The van der Waals surface area contributed by atoms with Crippen LogP contribution in [-0.4, -0.2) is 63.9 Å². The summed E-state index contributed by atoms with van der Waals surface area (Å²) in [6, 6.07) is 1.71. The zero-order valence-electron chi connectivity index (χ0n) is 11.2. The number of carboxylic acid groups (broad SMARTS) is 1. The molecule has 0 spiro atoms. The average molecular weight is 293 g/mol. The molecule has 0 saturated carbocycles. The molecule has 1 saturated heterocycles. The Hall–Kier alpha value is -2.60. The van der Waals surface area contributed by atoms with E-state index in [0.29, 0.717) is 26.2 Å². The van der Waals surface area contributed by atoms with Crippen molar-refractivity contribution in [2.75, 3.05) is 26.2 Å². The minimum atomic E-state index is -1.09. The van der Waals surface area contributed by atoms with E-state index in [4.69, 9.17) is 15.1 Å². The Bertz CT molecular complexity index is 564. The van der Waals surface area contributed by atoms with Crippen molar-refractivity contribution >= 4 is 12.0 Å². The van der Waals surface area contributed by atoms with Crippen molar-refractivity contribution in [1.29, 1.82) is 5.26 Å². The van der Waals surface area contributed by atoms with Crippen LogP contribution in [0.15, 0.2) is 12.5 Å². The maximum atomic E-state index is 11.9. The molecule has 9 heteroatoms. The fraction of sp³-hybridized carbons (Fsp3) is 0.500. The van der Waals surface area contributed by atoms with E-state index in [1.807, 2.05) is 6.07 Å². The second kappa shape index (κ2) is 6.71. The molecule has 1 fully saturated rings. The Morgan fingerprint density at radius 1 is 1.62 bits per heavy atom. The third-order valence-corrected chi connectivity index (χ3v) is 3.00. The quantitative estimate of drug-likeness (QED) is 0.773. The molecule has 1 aromatic rings. The lowest BCUT2D eigenvalue weighted by Crippen LogP contribution is -2.49. The van der Waals surface area contributed by atoms with Gasteiger partial charge in [-0.25, -0.2) is 14.6 Å². The van der Waals surface area contributed by atoms with E-state index >= 15 is 0 Å². The first-order chi connectivity index (χ1) is 10.1. The largest absolute Gasteiger partial charge is 0.476 e. The average Bonchev–Trinajstić information content (AvgIpc) is 2.96. The smallest absolute Gasteiger partial charge is 0.356 e. The summed E-state index contributed by atoms with van der Waals surface area (Å²) >= 11 is 0. The van der Waals surface area contributed by atoms with Gasteiger partial charge in [-0.2, -0.15) is 5.26 Å². The van der Waals surface area contributed by atoms with Gasteiger partial charge < -0.3 is 24.6 Å². The summed E-state index contributed by atoms with van der Waals surface area (Å²) in [6.45, 7) is 1.78. The predicted octanol–water partition coefficient (Wildman–Crippen LogP) is -0.485. The van der Waals surface area contributed by atoms with Crippen molar-refractivity contribution in [3.05, 3.63) is 18.2 Å². The first kappa shape index (κ1) is 14.8. The molecule has 0 aromatic carbocycles. The van der Waals surface area contributed by atoms with Crippen molar-refractivity contribution in [3.8, 4) is 6.07 Å². The van der Waals surface area contributed by atoms with Crippen LogP contribution < -0.4 is 5.32 Å². The van der Waals surface area contributed by atoms with Gasteiger partial charge in [0, 0.05) is 25.8 Å². The predicted molar refractivity (Wildman–Crippen MR) is 69.5 cm³/mol. The molecule has 1 atom stereocenters. The molecule has 0 aliphatic carbocycles. The molecule has 2 rings (SSSR count). The molecule has 1 aliphatic rings. The highest BCUT2D eigenvalue weighted by Crippen LogP contribution is 2.04. The first-order valence-electron chi connectivity index (χ1n) is 6.39. The monoisotopic (exact) mass is 293 g/mol. The molecule has 21 heavy (non-hydrogen) atoms. The summed E-state index contributed by atoms with van der Waals surface area (Å²) in [5, 5.41) is 20.2.